The first-order valence-electron chi connectivity index (χ1n) is 21.0. The van der Waals surface area contributed by atoms with E-state index in [1.165, 1.54) is 128 Å². The van der Waals surface area contributed by atoms with E-state index in [1.807, 2.05) is 19.0 Å². The van der Waals surface area contributed by atoms with Gasteiger partial charge in [-0.15, -0.1) is 0 Å². The monoisotopic (exact) mass is 746 g/mol. The van der Waals surface area contributed by atoms with Gasteiger partial charge in [-0.3, -0.25) is 18.6 Å². The standard InChI is InChI=1S/C41H80NO8P/c1-5-7-9-11-13-15-17-19-20-22-23-25-27-29-31-33-40(43)47-37-39(38-49-51(45,46)48-36-35-42(3)4)50-41(44)34-32-30-28-26-24-21-18-16-14-12-10-8-6-2/h15,17,39H,5-14,16,18-38H2,1-4H3,(H,45,46)/b17-15-. The van der Waals surface area contributed by atoms with Gasteiger partial charge in [0.1, 0.15) is 6.61 Å². The van der Waals surface area contributed by atoms with Crippen LogP contribution in [0.25, 0.3) is 0 Å². The zero-order valence-electron chi connectivity index (χ0n) is 33.6. The van der Waals surface area contributed by atoms with E-state index in [4.69, 9.17) is 18.5 Å². The number of carbonyl (C=O) groups excluding carboxylic acids is 2. The molecule has 0 rings (SSSR count). The quantitative estimate of drug-likeness (QED) is 0.0284. The molecule has 0 bridgehead atoms. The molecule has 0 aliphatic carbocycles. The molecule has 1 N–H and O–H groups in total. The van der Waals surface area contributed by atoms with Gasteiger partial charge in [0, 0.05) is 19.4 Å². The Morgan fingerprint density at radius 2 is 1.00 bits per heavy atom. The molecule has 2 unspecified atom stereocenters. The lowest BCUT2D eigenvalue weighted by Crippen LogP contribution is -2.29. The topological polar surface area (TPSA) is 112 Å². The number of allylic oxidation sites excluding steroid dienone is 2. The number of esters is 2. The third-order valence-electron chi connectivity index (χ3n) is 9.07. The van der Waals surface area contributed by atoms with Crippen molar-refractivity contribution in [3.8, 4) is 0 Å². The highest BCUT2D eigenvalue weighted by Crippen LogP contribution is 2.43. The van der Waals surface area contributed by atoms with Crippen LogP contribution >= 0.6 is 7.82 Å². The average Bonchev–Trinajstić information content (AvgIpc) is 3.09. The zero-order chi connectivity index (χ0) is 37.7. The number of likely N-dealkylation sites (N-methyl/N-ethyl adjacent to an activating group) is 1. The van der Waals surface area contributed by atoms with Crippen molar-refractivity contribution in [1.82, 2.24) is 4.90 Å². The Balaban J connectivity index is 4.29. The highest BCUT2D eigenvalue weighted by molar-refractivity contribution is 7.47. The highest BCUT2D eigenvalue weighted by Gasteiger charge is 2.26. The van der Waals surface area contributed by atoms with Gasteiger partial charge in [-0.05, 0) is 52.6 Å². The summed E-state index contributed by atoms with van der Waals surface area (Å²) in [5.74, 6) is -0.800. The Kier molecular flexibility index (Phi) is 36.2. The average molecular weight is 746 g/mol. The molecule has 0 saturated heterocycles. The van der Waals surface area contributed by atoms with E-state index in [1.54, 1.807) is 0 Å². The molecule has 0 heterocycles. The van der Waals surface area contributed by atoms with Crippen LogP contribution in [0.15, 0.2) is 12.2 Å². The maximum atomic E-state index is 12.6. The van der Waals surface area contributed by atoms with Crippen molar-refractivity contribution in [2.45, 2.75) is 200 Å². The Bertz CT molecular complexity index is 869. The van der Waals surface area contributed by atoms with Gasteiger partial charge in [-0.25, -0.2) is 4.57 Å². The van der Waals surface area contributed by atoms with Gasteiger partial charge < -0.3 is 19.3 Å². The summed E-state index contributed by atoms with van der Waals surface area (Å²) in [7, 11) is -0.704. The maximum Gasteiger partial charge on any atom is 0.472 e. The van der Waals surface area contributed by atoms with Crippen LogP contribution in [0.2, 0.25) is 0 Å². The summed E-state index contributed by atoms with van der Waals surface area (Å²) in [6.45, 7) is 4.32. The van der Waals surface area contributed by atoms with Crippen molar-refractivity contribution < 1.29 is 37.6 Å². The lowest BCUT2D eigenvalue weighted by atomic mass is 10.0. The first-order chi connectivity index (χ1) is 24.7. The zero-order valence-corrected chi connectivity index (χ0v) is 34.5. The third kappa shape index (κ3) is 38.3. The number of carbonyl (C=O) groups is 2. The first-order valence-corrected chi connectivity index (χ1v) is 22.5. The van der Waals surface area contributed by atoms with Crippen LogP contribution in [-0.4, -0.2) is 68.3 Å². The van der Waals surface area contributed by atoms with Crippen LogP contribution in [0.1, 0.15) is 194 Å². The maximum absolute atomic E-state index is 12.6. The molecule has 51 heavy (non-hydrogen) atoms. The minimum atomic E-state index is -4.35. The molecule has 0 aromatic heterocycles. The smallest absolute Gasteiger partial charge is 0.462 e. The summed E-state index contributed by atoms with van der Waals surface area (Å²) in [6, 6.07) is 0. The second-order valence-corrected chi connectivity index (χ2v) is 16.0. The molecule has 0 aliphatic heterocycles. The Labute approximate surface area is 314 Å². The molecule has 9 nitrogen and oxygen atoms in total. The Morgan fingerprint density at radius 3 is 1.47 bits per heavy atom. The van der Waals surface area contributed by atoms with Gasteiger partial charge >= 0.3 is 19.8 Å². The van der Waals surface area contributed by atoms with Crippen molar-refractivity contribution in [3.63, 3.8) is 0 Å². The lowest BCUT2D eigenvalue weighted by Gasteiger charge is -2.20. The molecule has 302 valence electrons. The van der Waals surface area contributed by atoms with Crippen molar-refractivity contribution in [3.05, 3.63) is 12.2 Å². The Morgan fingerprint density at radius 1 is 0.588 bits per heavy atom. The minimum Gasteiger partial charge on any atom is -0.462 e. The van der Waals surface area contributed by atoms with Crippen molar-refractivity contribution in [1.29, 1.82) is 0 Å². The summed E-state index contributed by atoms with van der Waals surface area (Å²) in [4.78, 5) is 36.9. The van der Waals surface area contributed by atoms with Crippen molar-refractivity contribution in [2.24, 2.45) is 0 Å². The summed E-state index contributed by atoms with van der Waals surface area (Å²) < 4.78 is 33.4. The molecule has 0 saturated carbocycles. The van der Waals surface area contributed by atoms with Crippen LogP contribution in [0.4, 0.5) is 0 Å². The fourth-order valence-electron chi connectivity index (χ4n) is 5.80. The van der Waals surface area contributed by atoms with Gasteiger partial charge in [0.25, 0.3) is 0 Å². The van der Waals surface area contributed by atoms with Gasteiger partial charge in [0.2, 0.25) is 0 Å². The summed E-state index contributed by atoms with van der Waals surface area (Å²) in [6.07, 6.45) is 35.3. The summed E-state index contributed by atoms with van der Waals surface area (Å²) >= 11 is 0. The van der Waals surface area contributed by atoms with E-state index in [-0.39, 0.29) is 32.0 Å². The number of phosphoric ester groups is 1. The molecular weight excluding hydrogens is 665 g/mol. The molecule has 2 atom stereocenters. The molecule has 0 aromatic rings. The van der Waals surface area contributed by atoms with E-state index in [0.717, 1.165) is 32.1 Å². The molecular formula is C41H80NO8P. The van der Waals surface area contributed by atoms with Crippen molar-refractivity contribution >= 4 is 19.8 Å². The number of ether oxygens (including phenoxy) is 2. The van der Waals surface area contributed by atoms with Crippen LogP contribution < -0.4 is 0 Å². The Hall–Kier alpha value is -1.25. The molecule has 0 aromatic carbocycles. The normalized spacial score (nSPS) is 13.5. The van der Waals surface area contributed by atoms with Gasteiger partial charge in [-0.1, -0.05) is 154 Å². The summed E-state index contributed by atoms with van der Waals surface area (Å²) in [5, 5.41) is 0. The van der Waals surface area contributed by atoms with Gasteiger partial charge in [0.05, 0.1) is 13.2 Å². The number of rotatable bonds is 39. The fourth-order valence-corrected chi connectivity index (χ4v) is 6.54. The predicted octanol–water partition coefficient (Wildman–Crippen LogP) is 11.7. The third-order valence-corrected chi connectivity index (χ3v) is 10.1. The van der Waals surface area contributed by atoms with E-state index in [0.29, 0.717) is 13.0 Å². The lowest BCUT2D eigenvalue weighted by molar-refractivity contribution is -0.161. The van der Waals surface area contributed by atoms with E-state index in [9.17, 15) is 19.0 Å². The molecule has 0 spiro atoms. The minimum absolute atomic E-state index is 0.00979. The predicted molar refractivity (Wildman–Crippen MR) is 211 cm³/mol. The second kappa shape index (κ2) is 37.1. The second-order valence-electron chi connectivity index (χ2n) is 14.5. The van der Waals surface area contributed by atoms with Gasteiger partial charge in [-0.2, -0.15) is 0 Å². The highest BCUT2D eigenvalue weighted by atomic mass is 31.2. The SMILES string of the molecule is CCCCCC/C=C\CCCCCCCCCC(=O)OCC(COP(=O)(O)OCCN(C)C)OC(=O)CCCCCCCCCCCCCCC. The van der Waals surface area contributed by atoms with Gasteiger partial charge in [0.15, 0.2) is 6.10 Å². The van der Waals surface area contributed by atoms with E-state index >= 15 is 0 Å². The van der Waals surface area contributed by atoms with E-state index in [2.05, 4.69) is 26.0 Å². The molecule has 0 radical (unpaired) electrons. The number of phosphoric acid groups is 1. The molecule has 0 amide bonds. The van der Waals surface area contributed by atoms with Crippen LogP contribution in [-0.2, 0) is 32.7 Å². The van der Waals surface area contributed by atoms with Crippen LogP contribution in [0.3, 0.4) is 0 Å². The fraction of sp³-hybridized carbons (Fsp3) is 0.902. The van der Waals surface area contributed by atoms with Crippen molar-refractivity contribution in [2.75, 3.05) is 40.5 Å². The first kappa shape index (κ1) is 49.8. The number of hydrogen-bond donors (Lipinski definition) is 1. The summed E-state index contributed by atoms with van der Waals surface area (Å²) in [5.41, 5.74) is 0. The number of hydrogen-bond acceptors (Lipinski definition) is 8. The largest absolute Gasteiger partial charge is 0.472 e. The number of unbranched alkanes of at least 4 members (excludes halogenated alkanes) is 23. The molecule has 0 fully saturated rings. The number of nitrogens with zero attached hydrogens (tertiary/aromatic N) is 1. The van der Waals surface area contributed by atoms with Crippen LogP contribution in [0, 0.1) is 0 Å². The molecule has 10 heteroatoms. The van der Waals surface area contributed by atoms with E-state index < -0.39 is 26.5 Å². The molecule has 0 aliphatic rings. The van der Waals surface area contributed by atoms with Crippen LogP contribution in [0.5, 0.6) is 0 Å².